The Hall–Kier alpha value is 0.230. The van der Waals surface area contributed by atoms with Gasteiger partial charge < -0.3 is 0 Å². The summed E-state index contributed by atoms with van der Waals surface area (Å²) < 4.78 is -0.266. The Labute approximate surface area is 78.7 Å². The molecular weight excluding hydrogens is 198 g/mol. The zero-order chi connectivity index (χ0) is 8.27. The van der Waals surface area contributed by atoms with Gasteiger partial charge in [-0.05, 0) is 12.2 Å². The van der Waals surface area contributed by atoms with Gasteiger partial charge in [-0.3, -0.25) is 0 Å². The Kier molecular flexibility index (Phi) is 3.65. The van der Waals surface area contributed by atoms with E-state index in [2.05, 4.69) is 31.2 Å². The molecular formula is C8H9Cl2P. The van der Waals surface area contributed by atoms with Gasteiger partial charge in [-0.2, -0.15) is 0 Å². The highest BCUT2D eigenvalue weighted by Gasteiger charge is 1.99. The zero-order valence-electron chi connectivity index (χ0n) is 6.14. The fraction of sp³-hybridized carbons (Fsp3) is 0.250. The largest absolute Gasteiger partial charge is 0.127 e. The molecule has 3 heteroatoms. The van der Waals surface area contributed by atoms with E-state index in [1.54, 1.807) is 0 Å². The van der Waals surface area contributed by atoms with Crippen molar-refractivity contribution >= 4 is 37.1 Å². The molecule has 0 N–H and O–H groups in total. The Morgan fingerprint density at radius 1 is 1.18 bits per heavy atom. The van der Waals surface area contributed by atoms with Crippen molar-refractivity contribution in [2.75, 3.05) is 0 Å². The second kappa shape index (κ2) is 4.30. The van der Waals surface area contributed by atoms with Crippen molar-refractivity contribution in [2.45, 2.75) is 11.5 Å². The van der Waals surface area contributed by atoms with Crippen molar-refractivity contribution in [1.82, 2.24) is 0 Å². The van der Waals surface area contributed by atoms with Gasteiger partial charge in [0.2, 0.25) is 0 Å². The van der Waals surface area contributed by atoms with Crippen molar-refractivity contribution in [3.8, 4) is 0 Å². The first-order chi connectivity index (χ1) is 5.18. The van der Waals surface area contributed by atoms with Gasteiger partial charge in [-0.1, -0.05) is 38.4 Å². The molecule has 1 unspecified atom stereocenters. The summed E-state index contributed by atoms with van der Waals surface area (Å²) in [6, 6.07) is 8.26. The summed E-state index contributed by atoms with van der Waals surface area (Å²) in [4.78, 5) is 0. The fourth-order valence-electron chi connectivity index (χ4n) is 0.776. The molecule has 0 spiro atoms. The lowest BCUT2D eigenvalue weighted by atomic mass is 10.2. The predicted octanol–water partition coefficient (Wildman–Crippen LogP) is 3.06. The molecule has 0 aliphatic heterocycles. The van der Waals surface area contributed by atoms with Crippen LogP contribution < -0.4 is 5.30 Å². The first kappa shape index (κ1) is 9.32. The van der Waals surface area contributed by atoms with Crippen molar-refractivity contribution < 1.29 is 0 Å². The quantitative estimate of drug-likeness (QED) is 0.516. The van der Waals surface area contributed by atoms with E-state index in [0.717, 1.165) is 0 Å². The molecule has 0 nitrogen and oxygen atoms in total. The zero-order valence-corrected chi connectivity index (χ0v) is 8.65. The lowest BCUT2D eigenvalue weighted by Gasteiger charge is -2.01. The number of benzene rings is 1. The van der Waals surface area contributed by atoms with Gasteiger partial charge in [-0.25, -0.2) is 0 Å². The van der Waals surface area contributed by atoms with E-state index in [4.69, 9.17) is 23.2 Å². The molecule has 1 aromatic rings. The normalized spacial score (nSPS) is 11.6. The van der Waals surface area contributed by atoms with Crippen LogP contribution in [-0.2, 0) is 0 Å². The second-order valence-electron chi connectivity index (χ2n) is 2.31. The SMILES string of the molecule is Cc1ccc(PC(Cl)Cl)cc1. The lowest BCUT2D eigenvalue weighted by Crippen LogP contribution is -1.95. The second-order valence-corrected chi connectivity index (χ2v) is 5.58. The maximum atomic E-state index is 5.63. The topological polar surface area (TPSA) is 0 Å². The van der Waals surface area contributed by atoms with Crippen LogP contribution in [0.3, 0.4) is 0 Å². The Morgan fingerprint density at radius 3 is 2.18 bits per heavy atom. The molecule has 0 bridgehead atoms. The standard InChI is InChI=1S/C8H9Cl2P/c1-6-2-4-7(5-3-6)11-8(9)10/h2-5,8,11H,1H3. The third-order valence-electron chi connectivity index (χ3n) is 1.33. The van der Waals surface area contributed by atoms with Crippen molar-refractivity contribution in [2.24, 2.45) is 0 Å². The summed E-state index contributed by atoms with van der Waals surface area (Å²) in [6.07, 6.45) is 0. The number of hydrogen-bond donors (Lipinski definition) is 0. The number of hydrogen-bond acceptors (Lipinski definition) is 0. The van der Waals surface area contributed by atoms with E-state index in [0.29, 0.717) is 8.58 Å². The van der Waals surface area contributed by atoms with E-state index < -0.39 is 0 Å². The van der Waals surface area contributed by atoms with E-state index in [-0.39, 0.29) is 4.58 Å². The van der Waals surface area contributed by atoms with Crippen LogP contribution in [0.1, 0.15) is 5.56 Å². The smallest absolute Gasteiger partial charge is 0.100 e. The monoisotopic (exact) mass is 206 g/mol. The average molecular weight is 207 g/mol. The molecule has 0 saturated carbocycles. The maximum absolute atomic E-state index is 5.63. The molecule has 11 heavy (non-hydrogen) atoms. The van der Waals surface area contributed by atoms with Gasteiger partial charge in [0, 0.05) is 0 Å². The van der Waals surface area contributed by atoms with Gasteiger partial charge in [-0.15, -0.1) is 23.2 Å². The number of halogens is 2. The minimum absolute atomic E-state index is 0.266. The fourth-order valence-corrected chi connectivity index (χ4v) is 2.14. The Morgan fingerprint density at radius 2 is 1.73 bits per heavy atom. The van der Waals surface area contributed by atoms with E-state index in [9.17, 15) is 0 Å². The minimum atomic E-state index is -0.266. The van der Waals surface area contributed by atoms with Crippen LogP contribution in [0.15, 0.2) is 24.3 Å². The van der Waals surface area contributed by atoms with Crippen molar-refractivity contribution in [3.05, 3.63) is 29.8 Å². The van der Waals surface area contributed by atoms with Crippen LogP contribution in [0.5, 0.6) is 0 Å². The summed E-state index contributed by atoms with van der Waals surface area (Å²) >= 11 is 11.3. The lowest BCUT2D eigenvalue weighted by molar-refractivity contribution is 1.49. The molecule has 0 amide bonds. The van der Waals surface area contributed by atoms with Gasteiger partial charge >= 0.3 is 0 Å². The van der Waals surface area contributed by atoms with Crippen LogP contribution in [0, 0.1) is 6.92 Å². The van der Waals surface area contributed by atoms with Crippen LogP contribution in [0.25, 0.3) is 0 Å². The van der Waals surface area contributed by atoms with Crippen molar-refractivity contribution in [1.29, 1.82) is 0 Å². The molecule has 0 radical (unpaired) electrons. The van der Waals surface area contributed by atoms with Crippen LogP contribution in [0.4, 0.5) is 0 Å². The molecule has 0 aliphatic rings. The molecule has 1 aromatic carbocycles. The first-order valence-electron chi connectivity index (χ1n) is 3.30. The first-order valence-corrected chi connectivity index (χ1v) is 5.25. The number of alkyl halides is 2. The Bertz CT molecular complexity index is 218. The summed E-state index contributed by atoms with van der Waals surface area (Å²) in [5, 5.41) is 1.21. The van der Waals surface area contributed by atoms with E-state index >= 15 is 0 Å². The van der Waals surface area contributed by atoms with E-state index in [1.165, 1.54) is 10.9 Å². The highest BCUT2D eigenvalue weighted by atomic mass is 35.5. The van der Waals surface area contributed by atoms with Gasteiger partial charge in [0.1, 0.15) is 4.58 Å². The Balaban J connectivity index is 2.66. The predicted molar refractivity (Wildman–Crippen MR) is 54.6 cm³/mol. The molecule has 0 aromatic heterocycles. The minimum Gasteiger partial charge on any atom is -0.100 e. The third kappa shape index (κ3) is 3.42. The summed E-state index contributed by atoms with van der Waals surface area (Å²) in [5.41, 5.74) is 1.26. The molecule has 0 heterocycles. The van der Waals surface area contributed by atoms with Gasteiger partial charge in [0.05, 0.1) is 0 Å². The van der Waals surface area contributed by atoms with Crippen LogP contribution in [-0.4, -0.2) is 4.58 Å². The maximum Gasteiger partial charge on any atom is 0.127 e. The molecule has 1 atom stereocenters. The van der Waals surface area contributed by atoms with Gasteiger partial charge in [0.25, 0.3) is 0 Å². The van der Waals surface area contributed by atoms with Crippen molar-refractivity contribution in [3.63, 3.8) is 0 Å². The average Bonchev–Trinajstić information content (AvgIpc) is 1.93. The third-order valence-corrected chi connectivity index (χ3v) is 2.87. The highest BCUT2D eigenvalue weighted by molar-refractivity contribution is 7.52. The molecule has 1 rings (SSSR count). The van der Waals surface area contributed by atoms with Crippen LogP contribution in [0.2, 0.25) is 0 Å². The number of aryl methyl sites for hydroxylation is 1. The number of rotatable bonds is 2. The highest BCUT2D eigenvalue weighted by Crippen LogP contribution is 2.25. The summed E-state index contributed by atoms with van der Waals surface area (Å²) in [5.74, 6) is 0. The molecule has 60 valence electrons. The molecule has 0 saturated heterocycles. The summed E-state index contributed by atoms with van der Waals surface area (Å²) in [7, 11) is 0.488. The summed E-state index contributed by atoms with van der Waals surface area (Å²) in [6.45, 7) is 2.06. The van der Waals surface area contributed by atoms with E-state index in [1.807, 2.05) is 0 Å². The van der Waals surface area contributed by atoms with Crippen LogP contribution >= 0.6 is 31.8 Å². The van der Waals surface area contributed by atoms with Gasteiger partial charge in [0.15, 0.2) is 0 Å². The molecule has 0 aliphatic carbocycles. The molecule has 0 fully saturated rings.